The second-order valence-electron chi connectivity index (χ2n) is 4.96. The van der Waals surface area contributed by atoms with Crippen LogP contribution in [0.5, 0.6) is 11.5 Å². The first-order valence-electron chi connectivity index (χ1n) is 6.98. The topological polar surface area (TPSA) is 41.5 Å². The maximum Gasteiger partial charge on any atom is 0.124 e. The molecule has 0 heterocycles. The first kappa shape index (κ1) is 15.0. The molecule has 110 valence electrons. The third kappa shape index (κ3) is 3.57. The number of hydrogen-bond acceptors (Lipinski definition) is 3. The first-order chi connectivity index (χ1) is 10.1. The number of hydrogen-bond donors (Lipinski definition) is 2. The van der Waals surface area contributed by atoms with E-state index in [1.165, 1.54) is 0 Å². The summed E-state index contributed by atoms with van der Waals surface area (Å²) in [5.41, 5.74) is 3.74. The molecule has 0 fully saturated rings. The van der Waals surface area contributed by atoms with Crippen LogP contribution in [-0.4, -0.2) is 11.7 Å². The van der Waals surface area contributed by atoms with Crippen molar-refractivity contribution in [3.63, 3.8) is 0 Å². The maximum absolute atomic E-state index is 9.98. The Labute approximate surface area is 125 Å². The molecule has 3 nitrogen and oxygen atoms in total. The van der Waals surface area contributed by atoms with Crippen LogP contribution in [-0.2, 0) is 6.54 Å². The minimum atomic E-state index is 0.344. The van der Waals surface area contributed by atoms with Gasteiger partial charge in [0, 0.05) is 23.4 Å². The number of nitrogens with one attached hydrogen (secondary N) is 1. The number of phenols is 1. The van der Waals surface area contributed by atoms with Crippen LogP contribution < -0.4 is 10.1 Å². The van der Waals surface area contributed by atoms with Crippen molar-refractivity contribution in [3.8, 4) is 11.5 Å². The monoisotopic (exact) mass is 283 g/mol. The summed E-state index contributed by atoms with van der Waals surface area (Å²) in [4.78, 5) is 0. The maximum atomic E-state index is 9.98. The highest BCUT2D eigenvalue weighted by Crippen LogP contribution is 2.29. The third-order valence-corrected chi connectivity index (χ3v) is 3.43. The molecule has 0 aromatic heterocycles. The lowest BCUT2D eigenvalue weighted by Gasteiger charge is -2.14. The number of rotatable bonds is 6. The molecule has 0 amide bonds. The minimum absolute atomic E-state index is 0.344. The molecule has 0 aliphatic carbocycles. The Kier molecular flexibility index (Phi) is 4.88. The zero-order valence-corrected chi connectivity index (χ0v) is 12.5. The van der Waals surface area contributed by atoms with Crippen molar-refractivity contribution in [1.82, 2.24) is 0 Å². The quantitative estimate of drug-likeness (QED) is 0.781. The van der Waals surface area contributed by atoms with E-state index in [9.17, 15) is 5.11 Å². The molecule has 0 aliphatic heterocycles. The molecule has 2 aromatic rings. The van der Waals surface area contributed by atoms with E-state index >= 15 is 0 Å². The van der Waals surface area contributed by atoms with Gasteiger partial charge in [-0.15, -0.1) is 0 Å². The Balaban J connectivity index is 2.13. The first-order valence-corrected chi connectivity index (χ1v) is 6.98. The van der Waals surface area contributed by atoms with Crippen LogP contribution in [0.3, 0.4) is 0 Å². The standard InChI is InChI=1S/C18H21NO2/c1-4-11-21-17-8-6-5-7-15(17)12-19-16-10-9-13(2)18(20)14(16)3/h4-10,19-20H,1,11-12H2,2-3H3. The van der Waals surface area contributed by atoms with Gasteiger partial charge in [0.1, 0.15) is 18.1 Å². The van der Waals surface area contributed by atoms with Gasteiger partial charge in [0.15, 0.2) is 0 Å². The lowest BCUT2D eigenvalue weighted by atomic mass is 10.1. The number of phenolic OH excluding ortho intramolecular Hbond substituents is 1. The fraction of sp³-hybridized carbons (Fsp3) is 0.222. The van der Waals surface area contributed by atoms with Gasteiger partial charge in [0.2, 0.25) is 0 Å². The highest BCUT2D eigenvalue weighted by molar-refractivity contribution is 5.59. The van der Waals surface area contributed by atoms with E-state index in [-0.39, 0.29) is 0 Å². The Hall–Kier alpha value is -2.42. The van der Waals surface area contributed by atoms with Crippen molar-refractivity contribution in [1.29, 1.82) is 0 Å². The van der Waals surface area contributed by atoms with E-state index in [1.807, 2.05) is 50.2 Å². The van der Waals surface area contributed by atoms with Gasteiger partial charge in [-0.25, -0.2) is 0 Å². The molecular weight excluding hydrogens is 262 g/mol. The predicted octanol–water partition coefficient (Wildman–Crippen LogP) is 4.19. The van der Waals surface area contributed by atoms with E-state index in [1.54, 1.807) is 6.08 Å². The van der Waals surface area contributed by atoms with Crippen LogP contribution in [0.2, 0.25) is 0 Å². The van der Waals surface area contributed by atoms with Crippen molar-refractivity contribution < 1.29 is 9.84 Å². The summed E-state index contributed by atoms with van der Waals surface area (Å²) in [6.07, 6.45) is 1.73. The zero-order chi connectivity index (χ0) is 15.2. The van der Waals surface area contributed by atoms with Crippen molar-refractivity contribution in [2.24, 2.45) is 0 Å². The highest BCUT2D eigenvalue weighted by Gasteiger charge is 2.07. The van der Waals surface area contributed by atoms with Crippen molar-refractivity contribution >= 4 is 5.69 Å². The van der Waals surface area contributed by atoms with Crippen LogP contribution >= 0.6 is 0 Å². The molecule has 0 saturated heterocycles. The SMILES string of the molecule is C=CCOc1ccccc1CNc1ccc(C)c(O)c1C. The van der Waals surface area contributed by atoms with Gasteiger partial charge in [-0.1, -0.05) is 36.9 Å². The average molecular weight is 283 g/mol. The second-order valence-corrected chi connectivity index (χ2v) is 4.96. The molecule has 2 rings (SSSR count). The lowest BCUT2D eigenvalue weighted by molar-refractivity contribution is 0.359. The Bertz CT molecular complexity index is 635. The number of anilines is 1. The summed E-state index contributed by atoms with van der Waals surface area (Å²) in [5, 5.41) is 13.3. The predicted molar refractivity (Wildman–Crippen MR) is 87.0 cm³/mol. The molecule has 0 unspecified atom stereocenters. The van der Waals surface area contributed by atoms with E-state index in [0.29, 0.717) is 18.9 Å². The molecule has 0 radical (unpaired) electrons. The summed E-state index contributed by atoms with van der Waals surface area (Å²) in [7, 11) is 0. The van der Waals surface area contributed by atoms with Crippen molar-refractivity contribution in [2.45, 2.75) is 20.4 Å². The van der Waals surface area contributed by atoms with E-state index < -0.39 is 0 Å². The summed E-state index contributed by atoms with van der Waals surface area (Å²) >= 11 is 0. The van der Waals surface area contributed by atoms with Crippen LogP contribution in [0.15, 0.2) is 49.1 Å². The summed E-state index contributed by atoms with van der Waals surface area (Å²) < 4.78 is 5.64. The second kappa shape index (κ2) is 6.84. The van der Waals surface area contributed by atoms with Crippen LogP contribution in [0.4, 0.5) is 5.69 Å². The van der Waals surface area contributed by atoms with Crippen LogP contribution in [0, 0.1) is 13.8 Å². The molecular formula is C18H21NO2. The van der Waals surface area contributed by atoms with Crippen LogP contribution in [0.1, 0.15) is 16.7 Å². The third-order valence-electron chi connectivity index (χ3n) is 3.43. The van der Waals surface area contributed by atoms with E-state index in [4.69, 9.17) is 4.74 Å². The van der Waals surface area contributed by atoms with Crippen LogP contribution in [0.25, 0.3) is 0 Å². The van der Waals surface area contributed by atoms with Gasteiger partial charge in [-0.3, -0.25) is 0 Å². The molecule has 2 aromatic carbocycles. The Morgan fingerprint density at radius 2 is 1.95 bits per heavy atom. The number of para-hydroxylation sites is 1. The van der Waals surface area contributed by atoms with Gasteiger partial charge >= 0.3 is 0 Å². The van der Waals surface area contributed by atoms with Gasteiger partial charge in [0.05, 0.1) is 0 Å². The smallest absolute Gasteiger partial charge is 0.124 e. The number of aryl methyl sites for hydroxylation is 1. The molecule has 0 bridgehead atoms. The fourth-order valence-electron chi connectivity index (χ4n) is 2.16. The molecule has 21 heavy (non-hydrogen) atoms. The zero-order valence-electron chi connectivity index (χ0n) is 12.5. The van der Waals surface area contributed by atoms with E-state index in [2.05, 4.69) is 11.9 Å². The van der Waals surface area contributed by atoms with Gasteiger partial charge in [0.25, 0.3) is 0 Å². The Morgan fingerprint density at radius 3 is 2.71 bits per heavy atom. The van der Waals surface area contributed by atoms with Crippen molar-refractivity contribution in [2.75, 3.05) is 11.9 Å². The number of ether oxygens (including phenoxy) is 1. The summed E-state index contributed by atoms with van der Waals surface area (Å²) in [6, 6.07) is 11.8. The molecule has 3 heteroatoms. The minimum Gasteiger partial charge on any atom is -0.507 e. The fourth-order valence-corrected chi connectivity index (χ4v) is 2.16. The van der Waals surface area contributed by atoms with Crippen molar-refractivity contribution in [3.05, 3.63) is 65.7 Å². The van der Waals surface area contributed by atoms with Gasteiger partial charge < -0.3 is 15.2 Å². The average Bonchev–Trinajstić information content (AvgIpc) is 2.51. The largest absolute Gasteiger partial charge is 0.507 e. The van der Waals surface area contributed by atoms with E-state index in [0.717, 1.165) is 28.1 Å². The number of benzene rings is 2. The molecule has 0 atom stereocenters. The normalized spacial score (nSPS) is 10.2. The molecule has 2 N–H and O–H groups in total. The summed E-state index contributed by atoms with van der Waals surface area (Å²) in [5.74, 6) is 1.19. The number of aromatic hydroxyl groups is 1. The molecule has 0 aliphatic rings. The van der Waals surface area contributed by atoms with Gasteiger partial charge in [-0.05, 0) is 31.5 Å². The molecule has 0 saturated carbocycles. The highest BCUT2D eigenvalue weighted by atomic mass is 16.5. The Morgan fingerprint density at radius 1 is 1.19 bits per heavy atom. The summed E-state index contributed by atoms with van der Waals surface area (Å²) in [6.45, 7) is 8.58. The lowest BCUT2D eigenvalue weighted by Crippen LogP contribution is -2.04. The molecule has 0 spiro atoms. The van der Waals surface area contributed by atoms with Gasteiger partial charge in [-0.2, -0.15) is 0 Å².